The fourth-order valence-corrected chi connectivity index (χ4v) is 3.92. The third-order valence-corrected chi connectivity index (χ3v) is 5.38. The van der Waals surface area contributed by atoms with Gasteiger partial charge in [-0.1, -0.05) is 23.7 Å². The molecule has 1 aliphatic rings. The Balaban J connectivity index is 1.63. The summed E-state index contributed by atoms with van der Waals surface area (Å²) in [6.07, 6.45) is 2.39. The minimum absolute atomic E-state index is 0.0279. The van der Waals surface area contributed by atoms with E-state index in [-0.39, 0.29) is 12.0 Å². The molecule has 1 aromatic heterocycles. The van der Waals surface area contributed by atoms with E-state index < -0.39 is 0 Å². The zero-order valence-corrected chi connectivity index (χ0v) is 15.9. The first-order valence-electron chi connectivity index (χ1n) is 8.52. The summed E-state index contributed by atoms with van der Waals surface area (Å²) in [5, 5.41) is 5.67. The van der Waals surface area contributed by atoms with Gasteiger partial charge in [0.15, 0.2) is 0 Å². The van der Waals surface area contributed by atoms with Gasteiger partial charge in [0.05, 0.1) is 12.6 Å². The number of nitrogens with zero attached hydrogens (tertiary/aromatic N) is 1. The number of thiophene rings is 1. The van der Waals surface area contributed by atoms with Crippen molar-refractivity contribution >= 4 is 34.5 Å². The number of aryl methyl sites for hydroxylation is 1. The average Bonchev–Trinajstić information content (AvgIpc) is 3.25. The van der Waals surface area contributed by atoms with E-state index in [9.17, 15) is 4.79 Å². The van der Waals surface area contributed by atoms with Gasteiger partial charge in [-0.25, -0.2) is 0 Å². The van der Waals surface area contributed by atoms with E-state index in [1.165, 1.54) is 4.88 Å². The number of carbonyl (C=O) groups excluding carboxylic acids is 1. The number of rotatable bonds is 7. The maximum atomic E-state index is 12.6. The zero-order valence-electron chi connectivity index (χ0n) is 14.3. The van der Waals surface area contributed by atoms with Crippen LogP contribution >= 0.6 is 22.9 Å². The second kappa shape index (κ2) is 8.81. The number of amides is 1. The Morgan fingerprint density at radius 1 is 1.44 bits per heavy atom. The van der Waals surface area contributed by atoms with Crippen LogP contribution in [0.3, 0.4) is 0 Å². The minimum atomic E-state index is -0.0279. The van der Waals surface area contributed by atoms with Crippen LogP contribution in [0.1, 0.15) is 23.3 Å². The molecule has 25 heavy (non-hydrogen) atoms. The van der Waals surface area contributed by atoms with Gasteiger partial charge >= 0.3 is 0 Å². The van der Waals surface area contributed by atoms with Crippen molar-refractivity contribution < 1.29 is 9.53 Å². The molecular formula is C19H23ClN2O2S. The molecule has 0 bridgehead atoms. The predicted molar refractivity (Wildman–Crippen MR) is 103 cm³/mol. The number of anilines is 1. The van der Waals surface area contributed by atoms with Crippen molar-refractivity contribution in [2.24, 2.45) is 0 Å². The van der Waals surface area contributed by atoms with Gasteiger partial charge in [0.2, 0.25) is 5.91 Å². The van der Waals surface area contributed by atoms with Crippen molar-refractivity contribution in [3.63, 3.8) is 0 Å². The second-order valence-electron chi connectivity index (χ2n) is 6.39. The van der Waals surface area contributed by atoms with Gasteiger partial charge in [0.1, 0.15) is 0 Å². The van der Waals surface area contributed by atoms with Crippen molar-refractivity contribution in [2.45, 2.75) is 32.4 Å². The molecule has 134 valence electrons. The van der Waals surface area contributed by atoms with Crippen LogP contribution in [0.2, 0.25) is 5.02 Å². The van der Waals surface area contributed by atoms with Crippen LogP contribution in [0, 0.1) is 6.92 Å². The minimum Gasteiger partial charge on any atom is -0.377 e. The monoisotopic (exact) mass is 378 g/mol. The van der Waals surface area contributed by atoms with Crippen molar-refractivity contribution in [2.75, 3.05) is 25.0 Å². The molecule has 1 atom stereocenters. The van der Waals surface area contributed by atoms with E-state index >= 15 is 0 Å². The third kappa shape index (κ3) is 5.54. The van der Waals surface area contributed by atoms with Gasteiger partial charge in [-0.05, 0) is 48.9 Å². The fourth-order valence-electron chi connectivity index (χ4n) is 3.01. The quantitative estimate of drug-likeness (QED) is 0.779. The summed E-state index contributed by atoms with van der Waals surface area (Å²) < 4.78 is 5.75. The summed E-state index contributed by atoms with van der Waals surface area (Å²) in [6.45, 7) is 4.66. The summed E-state index contributed by atoms with van der Waals surface area (Å²) in [4.78, 5) is 16.0. The summed E-state index contributed by atoms with van der Waals surface area (Å²) in [6, 6.07) is 9.67. The van der Waals surface area contributed by atoms with Gasteiger partial charge in [0.25, 0.3) is 0 Å². The SMILES string of the molecule is Cc1ccc(Cl)cc1NC(=O)CN(Cc1cccs1)C[C@@H]1CCCO1. The van der Waals surface area contributed by atoms with Crippen LogP contribution in [0.5, 0.6) is 0 Å². The van der Waals surface area contributed by atoms with Crippen LogP contribution in [-0.4, -0.2) is 36.6 Å². The molecule has 0 radical (unpaired) electrons. The Hall–Kier alpha value is -1.40. The lowest BCUT2D eigenvalue weighted by atomic mass is 10.2. The summed E-state index contributed by atoms with van der Waals surface area (Å²) in [5.74, 6) is -0.0279. The third-order valence-electron chi connectivity index (χ3n) is 4.29. The molecule has 1 amide bonds. The molecule has 0 saturated carbocycles. The number of benzene rings is 1. The highest BCUT2D eigenvalue weighted by atomic mass is 35.5. The smallest absolute Gasteiger partial charge is 0.238 e. The number of nitrogens with one attached hydrogen (secondary N) is 1. The summed E-state index contributed by atoms with van der Waals surface area (Å²) >= 11 is 7.75. The first kappa shape index (κ1) is 18.4. The van der Waals surface area contributed by atoms with Crippen molar-refractivity contribution in [3.8, 4) is 0 Å². The van der Waals surface area contributed by atoms with Gasteiger partial charge in [-0.3, -0.25) is 9.69 Å². The predicted octanol–water partition coefficient (Wildman–Crippen LogP) is 4.33. The normalized spacial score (nSPS) is 17.2. The molecule has 1 aromatic carbocycles. The summed E-state index contributed by atoms with van der Waals surface area (Å²) in [5.41, 5.74) is 1.77. The lowest BCUT2D eigenvalue weighted by Gasteiger charge is -2.24. The van der Waals surface area contributed by atoms with Crippen LogP contribution in [-0.2, 0) is 16.1 Å². The van der Waals surface area contributed by atoms with Crippen molar-refractivity contribution in [3.05, 3.63) is 51.2 Å². The molecule has 1 N–H and O–H groups in total. The molecule has 0 aliphatic carbocycles. The Labute approximate surface area is 157 Å². The van der Waals surface area contributed by atoms with Crippen LogP contribution in [0.15, 0.2) is 35.7 Å². The number of halogens is 1. The van der Waals surface area contributed by atoms with E-state index in [1.807, 2.05) is 25.1 Å². The van der Waals surface area contributed by atoms with E-state index in [1.54, 1.807) is 17.4 Å². The van der Waals surface area contributed by atoms with Gasteiger partial charge in [-0.2, -0.15) is 0 Å². The zero-order chi connectivity index (χ0) is 17.6. The molecule has 6 heteroatoms. The standard InChI is InChI=1S/C19H23ClN2O2S/c1-14-6-7-15(20)10-18(14)21-19(23)13-22(11-16-4-2-8-24-16)12-17-5-3-9-25-17/h3,5-7,9-10,16H,2,4,8,11-13H2,1H3,(H,21,23)/t16-/m0/s1. The van der Waals surface area contributed by atoms with Crippen molar-refractivity contribution in [1.29, 1.82) is 0 Å². The van der Waals surface area contributed by atoms with Gasteiger partial charge < -0.3 is 10.1 Å². The molecule has 4 nitrogen and oxygen atoms in total. The van der Waals surface area contributed by atoms with Gasteiger partial charge in [0, 0.05) is 35.3 Å². The Kier molecular flexibility index (Phi) is 6.48. The van der Waals surface area contributed by atoms with Crippen LogP contribution < -0.4 is 5.32 Å². The molecule has 1 aliphatic heterocycles. The van der Waals surface area contributed by atoms with E-state index in [4.69, 9.17) is 16.3 Å². The topological polar surface area (TPSA) is 41.6 Å². The number of ether oxygens (including phenoxy) is 1. The molecule has 2 aromatic rings. The fraction of sp³-hybridized carbons (Fsp3) is 0.421. The highest BCUT2D eigenvalue weighted by molar-refractivity contribution is 7.09. The lowest BCUT2D eigenvalue weighted by Crippen LogP contribution is -2.37. The second-order valence-corrected chi connectivity index (χ2v) is 7.86. The first-order valence-corrected chi connectivity index (χ1v) is 9.78. The maximum Gasteiger partial charge on any atom is 0.238 e. The van der Waals surface area contributed by atoms with E-state index in [2.05, 4.69) is 21.7 Å². The summed E-state index contributed by atoms with van der Waals surface area (Å²) in [7, 11) is 0. The molecular weight excluding hydrogens is 356 g/mol. The average molecular weight is 379 g/mol. The molecule has 1 saturated heterocycles. The van der Waals surface area contributed by atoms with Gasteiger partial charge in [-0.15, -0.1) is 11.3 Å². The molecule has 1 fully saturated rings. The number of hydrogen-bond donors (Lipinski definition) is 1. The molecule has 3 rings (SSSR count). The number of hydrogen-bond acceptors (Lipinski definition) is 4. The Morgan fingerprint density at radius 2 is 2.32 bits per heavy atom. The van der Waals surface area contributed by atoms with Crippen LogP contribution in [0.4, 0.5) is 5.69 Å². The largest absolute Gasteiger partial charge is 0.377 e. The maximum absolute atomic E-state index is 12.6. The van der Waals surface area contributed by atoms with Crippen LogP contribution in [0.25, 0.3) is 0 Å². The Morgan fingerprint density at radius 3 is 3.04 bits per heavy atom. The molecule has 0 spiro atoms. The number of carbonyl (C=O) groups is 1. The van der Waals surface area contributed by atoms with Crippen molar-refractivity contribution in [1.82, 2.24) is 4.90 Å². The first-order chi connectivity index (χ1) is 12.1. The molecule has 0 unspecified atom stereocenters. The van der Waals surface area contributed by atoms with E-state index in [0.717, 1.165) is 43.8 Å². The Bertz CT molecular complexity index is 699. The molecule has 2 heterocycles. The lowest BCUT2D eigenvalue weighted by molar-refractivity contribution is -0.117. The highest BCUT2D eigenvalue weighted by Gasteiger charge is 2.21. The van der Waals surface area contributed by atoms with E-state index in [0.29, 0.717) is 11.6 Å². The highest BCUT2D eigenvalue weighted by Crippen LogP contribution is 2.21.